The zero-order valence-electron chi connectivity index (χ0n) is 14.4. The molecule has 0 aliphatic heterocycles. The highest BCUT2D eigenvalue weighted by Gasteiger charge is 2.35. The summed E-state index contributed by atoms with van der Waals surface area (Å²) in [6.07, 6.45) is -4.51. The van der Waals surface area contributed by atoms with Gasteiger partial charge >= 0.3 is 6.18 Å². The molecule has 0 bridgehead atoms. The van der Waals surface area contributed by atoms with Crippen molar-refractivity contribution in [1.82, 2.24) is 9.97 Å². The van der Waals surface area contributed by atoms with Crippen molar-refractivity contribution in [3.8, 4) is 11.5 Å². The van der Waals surface area contributed by atoms with Crippen molar-refractivity contribution in [3.63, 3.8) is 0 Å². The molecule has 0 fully saturated rings. The van der Waals surface area contributed by atoms with Crippen molar-refractivity contribution >= 4 is 41.5 Å². The van der Waals surface area contributed by atoms with E-state index in [9.17, 15) is 13.2 Å². The first-order valence-electron chi connectivity index (χ1n) is 7.43. The highest BCUT2D eigenvalue weighted by molar-refractivity contribution is 5.88. The molecule has 0 atom stereocenters. The lowest BCUT2D eigenvalue weighted by molar-refractivity contribution is -0.144. The van der Waals surface area contributed by atoms with Crippen molar-refractivity contribution in [3.05, 3.63) is 47.8 Å². The lowest BCUT2D eigenvalue weighted by Crippen LogP contribution is -2.07. The third-order valence-corrected chi connectivity index (χ3v) is 3.71. The second kappa shape index (κ2) is 9.05. The number of fused-ring (bicyclic) bond motifs is 1. The van der Waals surface area contributed by atoms with Crippen LogP contribution in [0.2, 0.25) is 0 Å². The predicted octanol–water partition coefficient (Wildman–Crippen LogP) is 5.05. The van der Waals surface area contributed by atoms with E-state index in [0.29, 0.717) is 29.2 Å². The minimum Gasteiger partial charge on any atom is -0.493 e. The summed E-state index contributed by atoms with van der Waals surface area (Å²) < 4.78 is 48.9. The molecule has 0 unspecified atom stereocenters. The first-order chi connectivity index (χ1) is 11.9. The Kier molecular flexibility index (Phi) is 7.62. The number of benzene rings is 2. The smallest absolute Gasteiger partial charge is 0.449 e. The van der Waals surface area contributed by atoms with Crippen LogP contribution in [-0.2, 0) is 12.7 Å². The van der Waals surface area contributed by atoms with Crippen LogP contribution in [0.3, 0.4) is 0 Å². The van der Waals surface area contributed by atoms with Gasteiger partial charge < -0.3 is 19.8 Å². The number of nitrogens with one attached hydrogen (secondary N) is 2. The van der Waals surface area contributed by atoms with Crippen LogP contribution < -0.4 is 14.8 Å². The van der Waals surface area contributed by atoms with E-state index < -0.39 is 12.0 Å². The SMILES string of the molecule is COc1ccc(CNc2cccc3[nH]c(C(F)(F)F)nc23)cc1OC.Cl.Cl. The molecule has 148 valence electrons. The number of nitrogens with zero attached hydrogens (tertiary/aromatic N) is 1. The Balaban J connectivity index is 0.00000182. The van der Waals surface area contributed by atoms with Gasteiger partial charge in [0.2, 0.25) is 5.82 Å². The summed E-state index contributed by atoms with van der Waals surface area (Å²) in [6, 6.07) is 10.3. The number of anilines is 1. The van der Waals surface area contributed by atoms with Crippen LogP contribution >= 0.6 is 24.8 Å². The van der Waals surface area contributed by atoms with E-state index in [2.05, 4.69) is 15.3 Å². The third-order valence-electron chi connectivity index (χ3n) is 3.71. The van der Waals surface area contributed by atoms with Gasteiger partial charge in [-0.25, -0.2) is 4.98 Å². The summed E-state index contributed by atoms with van der Waals surface area (Å²) in [6.45, 7) is 0.397. The fourth-order valence-electron chi connectivity index (χ4n) is 2.50. The van der Waals surface area contributed by atoms with Crippen LogP contribution in [0.25, 0.3) is 11.0 Å². The Bertz CT molecular complexity index is 901. The molecule has 0 spiro atoms. The van der Waals surface area contributed by atoms with E-state index in [-0.39, 0.29) is 30.3 Å². The van der Waals surface area contributed by atoms with Gasteiger partial charge in [-0.15, -0.1) is 24.8 Å². The number of aromatic amines is 1. The monoisotopic (exact) mass is 423 g/mol. The van der Waals surface area contributed by atoms with Gasteiger partial charge in [0, 0.05) is 6.54 Å². The van der Waals surface area contributed by atoms with Gasteiger partial charge in [-0.1, -0.05) is 12.1 Å². The summed E-state index contributed by atoms with van der Waals surface area (Å²) in [5, 5.41) is 3.11. The van der Waals surface area contributed by atoms with Crippen molar-refractivity contribution in [2.75, 3.05) is 19.5 Å². The molecular formula is C17H18Cl2F3N3O2. The maximum atomic E-state index is 12.8. The lowest BCUT2D eigenvalue weighted by Gasteiger charge is -2.11. The summed E-state index contributed by atoms with van der Waals surface area (Å²) in [7, 11) is 3.09. The fourth-order valence-corrected chi connectivity index (χ4v) is 2.50. The number of methoxy groups -OCH3 is 2. The van der Waals surface area contributed by atoms with Crippen LogP contribution in [0.4, 0.5) is 18.9 Å². The van der Waals surface area contributed by atoms with Crippen LogP contribution in [0.5, 0.6) is 11.5 Å². The molecule has 0 radical (unpaired) electrons. The van der Waals surface area contributed by atoms with E-state index >= 15 is 0 Å². The quantitative estimate of drug-likeness (QED) is 0.602. The Morgan fingerprint density at radius 2 is 1.74 bits per heavy atom. The number of hydrogen-bond acceptors (Lipinski definition) is 4. The zero-order valence-corrected chi connectivity index (χ0v) is 16.0. The van der Waals surface area contributed by atoms with Crippen molar-refractivity contribution < 1.29 is 22.6 Å². The topological polar surface area (TPSA) is 59.2 Å². The average molecular weight is 424 g/mol. The number of halogens is 5. The predicted molar refractivity (Wildman–Crippen MR) is 102 cm³/mol. The fraction of sp³-hybridized carbons (Fsp3) is 0.235. The van der Waals surface area contributed by atoms with Crippen molar-refractivity contribution in [2.45, 2.75) is 12.7 Å². The number of aromatic nitrogens is 2. The zero-order chi connectivity index (χ0) is 18.0. The van der Waals surface area contributed by atoms with Gasteiger partial charge in [0.1, 0.15) is 5.52 Å². The van der Waals surface area contributed by atoms with Crippen molar-refractivity contribution in [2.24, 2.45) is 0 Å². The Hall–Kier alpha value is -2.32. The average Bonchev–Trinajstić information content (AvgIpc) is 3.04. The van der Waals surface area contributed by atoms with E-state index in [1.807, 2.05) is 6.07 Å². The molecule has 2 aromatic carbocycles. The summed E-state index contributed by atoms with van der Waals surface area (Å²) in [5.74, 6) is 0.178. The molecule has 0 amide bonds. The maximum absolute atomic E-state index is 12.8. The molecule has 0 saturated heterocycles. The van der Waals surface area contributed by atoms with E-state index in [4.69, 9.17) is 9.47 Å². The third kappa shape index (κ3) is 4.90. The lowest BCUT2D eigenvalue weighted by atomic mass is 10.2. The normalized spacial score (nSPS) is 10.7. The molecule has 3 aromatic rings. The van der Waals surface area contributed by atoms with Gasteiger partial charge in [-0.3, -0.25) is 0 Å². The number of H-pyrrole nitrogens is 1. The highest BCUT2D eigenvalue weighted by atomic mass is 35.5. The first-order valence-corrected chi connectivity index (χ1v) is 7.43. The van der Waals surface area contributed by atoms with Crippen LogP contribution in [0.15, 0.2) is 36.4 Å². The number of ether oxygens (including phenoxy) is 2. The largest absolute Gasteiger partial charge is 0.493 e. The second-order valence-corrected chi connectivity index (χ2v) is 5.33. The molecule has 3 rings (SSSR count). The van der Waals surface area contributed by atoms with Crippen LogP contribution in [-0.4, -0.2) is 24.2 Å². The molecule has 0 aliphatic rings. The van der Waals surface area contributed by atoms with Gasteiger partial charge in [0.05, 0.1) is 25.4 Å². The highest BCUT2D eigenvalue weighted by Crippen LogP contribution is 2.31. The second-order valence-electron chi connectivity index (χ2n) is 5.33. The molecule has 2 N–H and O–H groups in total. The molecular weight excluding hydrogens is 406 g/mol. The molecule has 0 aliphatic carbocycles. The van der Waals surface area contributed by atoms with Gasteiger partial charge in [0.15, 0.2) is 11.5 Å². The minimum atomic E-state index is -4.51. The molecule has 10 heteroatoms. The number of rotatable bonds is 5. The number of imidazole rings is 1. The molecule has 0 saturated carbocycles. The van der Waals surface area contributed by atoms with E-state index in [1.165, 1.54) is 7.11 Å². The minimum absolute atomic E-state index is 0. The summed E-state index contributed by atoms with van der Waals surface area (Å²) in [4.78, 5) is 5.96. The Morgan fingerprint density at radius 3 is 2.37 bits per heavy atom. The molecule has 1 aromatic heterocycles. The van der Waals surface area contributed by atoms with Gasteiger partial charge in [-0.2, -0.15) is 13.2 Å². The first kappa shape index (κ1) is 22.7. The van der Waals surface area contributed by atoms with Crippen molar-refractivity contribution in [1.29, 1.82) is 0 Å². The van der Waals surface area contributed by atoms with Crippen LogP contribution in [0, 0.1) is 0 Å². The number of alkyl halides is 3. The number of para-hydroxylation sites is 1. The molecule has 5 nitrogen and oxygen atoms in total. The number of hydrogen-bond donors (Lipinski definition) is 2. The summed E-state index contributed by atoms with van der Waals surface area (Å²) in [5.41, 5.74) is 1.97. The maximum Gasteiger partial charge on any atom is 0.449 e. The van der Waals surface area contributed by atoms with E-state index in [0.717, 1.165) is 5.56 Å². The van der Waals surface area contributed by atoms with Crippen LogP contribution in [0.1, 0.15) is 11.4 Å². The molecule has 1 heterocycles. The Morgan fingerprint density at radius 1 is 1.04 bits per heavy atom. The van der Waals surface area contributed by atoms with E-state index in [1.54, 1.807) is 37.4 Å². The standard InChI is InChI=1S/C17H16F3N3O2.2ClH/c1-24-13-7-6-10(8-14(13)25-2)9-21-11-4-3-5-12-15(11)23-16(22-12)17(18,19)20;;/h3-8,21H,9H2,1-2H3,(H,22,23);2*1H. The van der Waals surface area contributed by atoms with Gasteiger partial charge in [0.25, 0.3) is 0 Å². The van der Waals surface area contributed by atoms with Gasteiger partial charge in [-0.05, 0) is 29.8 Å². The summed E-state index contributed by atoms with van der Waals surface area (Å²) >= 11 is 0. The Labute approximate surface area is 166 Å². The molecule has 27 heavy (non-hydrogen) atoms.